The first-order chi connectivity index (χ1) is 10.4. The van der Waals surface area contributed by atoms with Crippen molar-refractivity contribution in [1.29, 1.82) is 0 Å². The number of carbonyl (C=O) groups is 1. The fraction of sp³-hybridized carbons (Fsp3) is 0.533. The minimum absolute atomic E-state index is 0.0539. The van der Waals surface area contributed by atoms with E-state index in [-0.39, 0.29) is 30.0 Å². The molecule has 122 valence electrons. The maximum Gasteiger partial charge on any atom is 0.234 e. The molecule has 1 fully saturated rings. The number of hydrogen-bond acceptors (Lipinski definition) is 5. The van der Waals surface area contributed by atoms with Crippen LogP contribution in [-0.4, -0.2) is 57.5 Å². The minimum atomic E-state index is -2.97. The predicted molar refractivity (Wildman–Crippen MR) is 84.5 cm³/mol. The second kappa shape index (κ2) is 7.11. The monoisotopic (exact) mass is 326 g/mol. The van der Waals surface area contributed by atoms with Crippen LogP contribution >= 0.6 is 0 Å². The van der Waals surface area contributed by atoms with E-state index in [0.717, 1.165) is 11.3 Å². The number of carbonyl (C=O) groups excluding carboxylic acids is 1. The molecule has 0 aliphatic carbocycles. The molecular weight excluding hydrogens is 304 g/mol. The number of ether oxygens (including phenoxy) is 1. The van der Waals surface area contributed by atoms with Crippen molar-refractivity contribution in [2.24, 2.45) is 0 Å². The van der Waals surface area contributed by atoms with Gasteiger partial charge in [-0.2, -0.15) is 0 Å². The minimum Gasteiger partial charge on any atom is -0.497 e. The summed E-state index contributed by atoms with van der Waals surface area (Å²) in [5.74, 6) is 0.856. The van der Waals surface area contributed by atoms with Crippen LogP contribution in [0.25, 0.3) is 0 Å². The number of rotatable bonds is 6. The Labute approximate surface area is 131 Å². The molecule has 1 atom stereocenters. The lowest BCUT2D eigenvalue weighted by atomic mass is 10.2. The molecule has 1 amide bonds. The van der Waals surface area contributed by atoms with Crippen LogP contribution in [0.5, 0.6) is 5.75 Å². The first-order valence-corrected chi connectivity index (χ1v) is 9.01. The Morgan fingerprint density at radius 2 is 2.23 bits per heavy atom. The molecule has 0 spiro atoms. The van der Waals surface area contributed by atoms with Crippen LogP contribution < -0.4 is 10.1 Å². The number of benzene rings is 1. The van der Waals surface area contributed by atoms with Gasteiger partial charge in [-0.15, -0.1) is 0 Å². The molecule has 1 heterocycles. The third-order valence-electron chi connectivity index (χ3n) is 3.60. The summed E-state index contributed by atoms with van der Waals surface area (Å²) >= 11 is 0. The Morgan fingerprint density at radius 1 is 1.45 bits per heavy atom. The summed E-state index contributed by atoms with van der Waals surface area (Å²) in [4.78, 5) is 13.8. The topological polar surface area (TPSA) is 75.7 Å². The molecule has 1 N–H and O–H groups in total. The zero-order valence-electron chi connectivity index (χ0n) is 12.9. The van der Waals surface area contributed by atoms with Crippen LogP contribution in [0.2, 0.25) is 0 Å². The highest BCUT2D eigenvalue weighted by Crippen LogP contribution is 2.14. The van der Waals surface area contributed by atoms with Gasteiger partial charge in [0.25, 0.3) is 0 Å². The van der Waals surface area contributed by atoms with Crippen LogP contribution in [-0.2, 0) is 21.2 Å². The fourth-order valence-electron chi connectivity index (χ4n) is 2.57. The standard InChI is InChI=1S/C15H22N2O4S/c1-17(9-12-4-3-5-14(8-12)21-2)10-15(18)16-13-6-7-22(19,20)11-13/h3-5,8,13H,6-7,9-11H2,1-2H3,(H,16,18)/t13-/m1/s1. The van der Waals surface area contributed by atoms with Gasteiger partial charge in [0.05, 0.1) is 25.2 Å². The van der Waals surface area contributed by atoms with Crippen molar-refractivity contribution < 1.29 is 17.9 Å². The molecule has 6 nitrogen and oxygen atoms in total. The normalized spacial score (nSPS) is 20.0. The molecule has 0 unspecified atom stereocenters. The molecule has 7 heteroatoms. The highest BCUT2D eigenvalue weighted by molar-refractivity contribution is 7.91. The van der Waals surface area contributed by atoms with Crippen LogP contribution in [0, 0.1) is 0 Å². The second-order valence-corrected chi connectivity index (χ2v) is 7.92. The van der Waals surface area contributed by atoms with Crippen LogP contribution in [0.1, 0.15) is 12.0 Å². The maximum absolute atomic E-state index is 12.0. The van der Waals surface area contributed by atoms with Crippen LogP contribution in [0.4, 0.5) is 0 Å². The number of nitrogens with one attached hydrogen (secondary N) is 1. The van der Waals surface area contributed by atoms with Crippen molar-refractivity contribution >= 4 is 15.7 Å². The summed E-state index contributed by atoms with van der Waals surface area (Å²) in [6.45, 7) is 0.849. The third kappa shape index (κ3) is 4.99. The Kier molecular flexibility index (Phi) is 5.42. The van der Waals surface area contributed by atoms with E-state index in [2.05, 4.69) is 5.32 Å². The van der Waals surface area contributed by atoms with E-state index in [0.29, 0.717) is 13.0 Å². The lowest BCUT2D eigenvalue weighted by Crippen LogP contribution is -2.41. The molecule has 1 aliphatic rings. The van der Waals surface area contributed by atoms with Crippen LogP contribution in [0.15, 0.2) is 24.3 Å². The van der Waals surface area contributed by atoms with Crippen molar-refractivity contribution in [3.05, 3.63) is 29.8 Å². The van der Waals surface area contributed by atoms with E-state index in [1.165, 1.54) is 0 Å². The lowest BCUT2D eigenvalue weighted by Gasteiger charge is -2.18. The molecular formula is C15H22N2O4S. The second-order valence-electron chi connectivity index (χ2n) is 5.69. The Balaban J connectivity index is 1.81. The average molecular weight is 326 g/mol. The van der Waals surface area contributed by atoms with Gasteiger partial charge < -0.3 is 10.1 Å². The molecule has 2 rings (SSSR count). The van der Waals surface area contributed by atoms with Gasteiger partial charge >= 0.3 is 0 Å². The number of sulfone groups is 1. The highest BCUT2D eigenvalue weighted by Gasteiger charge is 2.28. The molecule has 1 aromatic carbocycles. The Bertz CT molecular complexity index is 630. The molecule has 0 saturated carbocycles. The summed E-state index contributed by atoms with van der Waals surface area (Å²) in [6.07, 6.45) is 0.508. The zero-order valence-corrected chi connectivity index (χ0v) is 13.7. The molecule has 22 heavy (non-hydrogen) atoms. The van der Waals surface area contributed by atoms with Crippen molar-refractivity contribution in [3.8, 4) is 5.75 Å². The summed E-state index contributed by atoms with van der Waals surface area (Å²) in [7, 11) is 0.501. The van der Waals surface area contributed by atoms with Gasteiger partial charge in [-0.1, -0.05) is 12.1 Å². The van der Waals surface area contributed by atoms with E-state index >= 15 is 0 Å². The van der Waals surface area contributed by atoms with Crippen molar-refractivity contribution in [2.45, 2.75) is 19.0 Å². The molecule has 1 saturated heterocycles. The molecule has 1 aliphatic heterocycles. The SMILES string of the molecule is COc1cccc(CN(C)CC(=O)N[C@@H]2CCS(=O)(=O)C2)c1. The van der Waals surface area contributed by atoms with Crippen molar-refractivity contribution in [1.82, 2.24) is 10.2 Å². The Hall–Kier alpha value is -1.60. The smallest absolute Gasteiger partial charge is 0.234 e. The molecule has 0 radical (unpaired) electrons. The number of hydrogen-bond donors (Lipinski definition) is 1. The van der Waals surface area contributed by atoms with E-state index in [4.69, 9.17) is 4.74 Å². The first-order valence-electron chi connectivity index (χ1n) is 7.19. The summed E-state index contributed by atoms with van der Waals surface area (Å²) in [5, 5.41) is 2.79. The number of methoxy groups -OCH3 is 1. The number of likely N-dealkylation sites (N-methyl/N-ethyl adjacent to an activating group) is 1. The summed E-state index contributed by atoms with van der Waals surface area (Å²) < 4.78 is 27.9. The zero-order chi connectivity index (χ0) is 16.2. The van der Waals surface area contributed by atoms with E-state index < -0.39 is 9.84 Å². The molecule has 0 aromatic heterocycles. The third-order valence-corrected chi connectivity index (χ3v) is 5.37. The predicted octanol–water partition coefficient (Wildman–Crippen LogP) is 0.430. The quantitative estimate of drug-likeness (QED) is 0.820. The van der Waals surface area contributed by atoms with E-state index in [1.54, 1.807) is 7.11 Å². The van der Waals surface area contributed by atoms with Gasteiger partial charge in [0, 0.05) is 12.6 Å². The molecule has 1 aromatic rings. The van der Waals surface area contributed by atoms with E-state index in [1.807, 2.05) is 36.2 Å². The van der Waals surface area contributed by atoms with Gasteiger partial charge in [0.2, 0.25) is 5.91 Å². The average Bonchev–Trinajstić information content (AvgIpc) is 2.77. The first kappa shape index (κ1) is 16.8. The van der Waals surface area contributed by atoms with Gasteiger partial charge in [-0.3, -0.25) is 9.69 Å². The van der Waals surface area contributed by atoms with Gasteiger partial charge in [-0.25, -0.2) is 8.42 Å². The van der Waals surface area contributed by atoms with Crippen molar-refractivity contribution in [2.75, 3.05) is 32.2 Å². The highest BCUT2D eigenvalue weighted by atomic mass is 32.2. The van der Waals surface area contributed by atoms with Gasteiger partial charge in [0.1, 0.15) is 5.75 Å². The fourth-order valence-corrected chi connectivity index (χ4v) is 4.24. The largest absolute Gasteiger partial charge is 0.497 e. The number of nitrogens with zero attached hydrogens (tertiary/aromatic N) is 1. The molecule has 0 bridgehead atoms. The summed E-state index contributed by atoms with van der Waals surface area (Å²) in [5.41, 5.74) is 1.05. The number of amides is 1. The van der Waals surface area contributed by atoms with Gasteiger partial charge in [-0.05, 0) is 31.2 Å². The lowest BCUT2D eigenvalue weighted by molar-refractivity contribution is -0.122. The van der Waals surface area contributed by atoms with Gasteiger partial charge in [0.15, 0.2) is 9.84 Å². The van der Waals surface area contributed by atoms with E-state index in [9.17, 15) is 13.2 Å². The Morgan fingerprint density at radius 3 is 2.86 bits per heavy atom. The summed E-state index contributed by atoms with van der Waals surface area (Å²) in [6, 6.07) is 7.43. The maximum atomic E-state index is 12.0. The van der Waals surface area contributed by atoms with Crippen molar-refractivity contribution in [3.63, 3.8) is 0 Å². The van der Waals surface area contributed by atoms with Crippen LogP contribution in [0.3, 0.4) is 0 Å².